The van der Waals surface area contributed by atoms with Gasteiger partial charge in [-0.15, -0.1) is 0 Å². The number of rotatable bonds is 49. The molecule has 0 radical (unpaired) electrons. The van der Waals surface area contributed by atoms with Crippen LogP contribution in [0.1, 0.15) is 290 Å². The van der Waals surface area contributed by atoms with Gasteiger partial charge in [0.25, 0.3) is 0 Å². The topological polar surface area (TPSA) is 89.8 Å². The van der Waals surface area contributed by atoms with Gasteiger partial charge in [0, 0.05) is 0 Å². The number of aliphatic hydroxyl groups is 3. The lowest BCUT2D eigenvalue weighted by atomic mass is 10.0. The molecule has 5 nitrogen and oxygen atoms in total. The van der Waals surface area contributed by atoms with Crippen LogP contribution in [0.2, 0.25) is 0 Å². The molecule has 350 valence electrons. The highest BCUT2D eigenvalue weighted by Crippen LogP contribution is 2.17. The lowest BCUT2D eigenvalue weighted by Gasteiger charge is -2.21. The first-order chi connectivity index (χ1) is 29.0. The molecule has 3 unspecified atom stereocenters. The lowest BCUT2D eigenvalue weighted by molar-refractivity contribution is -0.124. The van der Waals surface area contributed by atoms with Gasteiger partial charge in [-0.2, -0.15) is 0 Å². The molecule has 0 aromatic carbocycles. The molecule has 0 aliphatic carbocycles. The highest BCUT2D eigenvalue weighted by molar-refractivity contribution is 5.76. The summed E-state index contributed by atoms with van der Waals surface area (Å²) in [6.07, 6.45) is 62.1. The van der Waals surface area contributed by atoms with E-state index in [-0.39, 0.29) is 18.9 Å². The van der Waals surface area contributed by atoms with Crippen LogP contribution in [0.15, 0.2) is 24.3 Å². The number of allylic oxidation sites excluding steroid dienone is 3. The zero-order chi connectivity index (χ0) is 43.0. The molecule has 0 aromatic heterocycles. The summed E-state index contributed by atoms with van der Waals surface area (Å²) in [5.74, 6) is -0.316. The van der Waals surface area contributed by atoms with Crippen molar-refractivity contribution in [3.8, 4) is 0 Å². The Balaban J connectivity index is 3.59. The van der Waals surface area contributed by atoms with Gasteiger partial charge in [-0.3, -0.25) is 4.79 Å². The third-order valence-corrected chi connectivity index (χ3v) is 12.5. The van der Waals surface area contributed by atoms with E-state index in [4.69, 9.17) is 0 Å². The van der Waals surface area contributed by atoms with Gasteiger partial charge < -0.3 is 20.6 Å². The van der Waals surface area contributed by atoms with E-state index in [1.807, 2.05) is 6.08 Å². The van der Waals surface area contributed by atoms with E-state index in [1.54, 1.807) is 6.08 Å². The molecule has 0 aliphatic heterocycles. The van der Waals surface area contributed by atoms with Gasteiger partial charge in [0.15, 0.2) is 0 Å². The second kappa shape index (κ2) is 49.5. The molecule has 0 saturated carbocycles. The Hall–Kier alpha value is -1.17. The van der Waals surface area contributed by atoms with E-state index in [9.17, 15) is 20.1 Å². The van der Waals surface area contributed by atoms with Crippen molar-refractivity contribution < 1.29 is 20.1 Å². The largest absolute Gasteiger partial charge is 0.394 e. The first-order valence-electron chi connectivity index (χ1n) is 26.6. The number of carbonyl (C=O) groups is 1. The summed E-state index contributed by atoms with van der Waals surface area (Å²) >= 11 is 0. The minimum atomic E-state index is -0.930. The molecule has 0 rings (SSSR count). The smallest absolute Gasteiger partial charge is 0.222 e. The van der Waals surface area contributed by atoms with Crippen LogP contribution in [-0.4, -0.2) is 46.1 Å². The maximum atomic E-state index is 12.5. The van der Waals surface area contributed by atoms with E-state index in [0.717, 1.165) is 38.5 Å². The molecule has 0 fully saturated rings. The summed E-state index contributed by atoms with van der Waals surface area (Å²) in [5.41, 5.74) is 0. The molecule has 59 heavy (non-hydrogen) atoms. The number of hydrogen-bond acceptors (Lipinski definition) is 4. The summed E-state index contributed by atoms with van der Waals surface area (Å²) in [6, 6.07) is -0.746. The second-order valence-electron chi connectivity index (χ2n) is 18.5. The number of carbonyl (C=O) groups excluding carboxylic acids is 1. The van der Waals surface area contributed by atoms with Crippen molar-refractivity contribution in [2.24, 2.45) is 0 Å². The fourth-order valence-corrected chi connectivity index (χ4v) is 8.40. The monoisotopic (exact) mass is 832 g/mol. The summed E-state index contributed by atoms with van der Waals surface area (Å²) in [7, 11) is 0. The van der Waals surface area contributed by atoms with E-state index in [0.29, 0.717) is 6.42 Å². The summed E-state index contributed by atoms with van der Waals surface area (Å²) in [5, 5.41) is 33.4. The highest BCUT2D eigenvalue weighted by atomic mass is 16.3. The zero-order valence-electron chi connectivity index (χ0n) is 39.9. The van der Waals surface area contributed by atoms with Crippen molar-refractivity contribution >= 4 is 5.91 Å². The molecule has 0 saturated heterocycles. The van der Waals surface area contributed by atoms with Crippen LogP contribution in [0, 0.1) is 0 Å². The van der Waals surface area contributed by atoms with Crippen molar-refractivity contribution in [2.45, 2.75) is 308 Å². The molecule has 0 spiro atoms. The van der Waals surface area contributed by atoms with Crippen LogP contribution >= 0.6 is 0 Å². The van der Waals surface area contributed by atoms with Crippen LogP contribution in [0.25, 0.3) is 0 Å². The van der Waals surface area contributed by atoms with Gasteiger partial charge in [-0.25, -0.2) is 0 Å². The Morgan fingerprint density at radius 2 is 0.712 bits per heavy atom. The maximum absolute atomic E-state index is 12.5. The Labute approximate surface area is 369 Å². The van der Waals surface area contributed by atoms with Gasteiger partial charge in [0.2, 0.25) is 5.91 Å². The van der Waals surface area contributed by atoms with E-state index >= 15 is 0 Å². The molecule has 5 heteroatoms. The van der Waals surface area contributed by atoms with Gasteiger partial charge in [0.05, 0.1) is 31.3 Å². The number of aliphatic hydroxyl groups excluding tert-OH is 3. The summed E-state index contributed by atoms with van der Waals surface area (Å²) in [6.45, 7) is 4.24. The van der Waals surface area contributed by atoms with Crippen LogP contribution in [0.4, 0.5) is 0 Å². The first kappa shape index (κ1) is 57.8. The molecule has 0 aromatic rings. The third-order valence-electron chi connectivity index (χ3n) is 12.5. The van der Waals surface area contributed by atoms with Crippen LogP contribution in [0.5, 0.6) is 0 Å². The molecular formula is C54H105NO4. The Bertz CT molecular complexity index is 874. The number of hydrogen-bond donors (Lipinski definition) is 4. The summed E-state index contributed by atoms with van der Waals surface area (Å²) in [4.78, 5) is 12.5. The van der Waals surface area contributed by atoms with E-state index in [2.05, 4.69) is 31.3 Å². The van der Waals surface area contributed by atoms with Crippen molar-refractivity contribution in [1.82, 2.24) is 5.32 Å². The molecule has 1 amide bonds. The fourth-order valence-electron chi connectivity index (χ4n) is 8.40. The molecular weight excluding hydrogens is 727 g/mol. The van der Waals surface area contributed by atoms with Gasteiger partial charge in [-0.05, 0) is 44.9 Å². The Morgan fingerprint density at radius 1 is 0.424 bits per heavy atom. The zero-order valence-corrected chi connectivity index (χ0v) is 39.9. The van der Waals surface area contributed by atoms with E-state index < -0.39 is 18.2 Å². The van der Waals surface area contributed by atoms with Crippen LogP contribution < -0.4 is 5.32 Å². The molecule has 4 N–H and O–H groups in total. The second-order valence-corrected chi connectivity index (χ2v) is 18.5. The van der Waals surface area contributed by atoms with Crippen molar-refractivity contribution in [2.75, 3.05) is 6.61 Å². The number of unbranched alkanes of at least 4 members (excludes halogenated alkanes) is 38. The predicted octanol–water partition coefficient (Wildman–Crippen LogP) is 16.1. The minimum absolute atomic E-state index is 0.0102. The standard InChI is InChI=1S/C54H105NO4/c1-3-5-7-9-11-13-15-17-19-21-23-24-25-26-27-28-30-32-34-36-38-40-42-44-46-48-53(58)52(50-56)55-54(59)49-51(57)47-45-43-41-39-37-35-33-31-29-22-20-18-16-14-12-10-8-6-4-2/h31,33,46,48,51-53,56-58H,3-30,32,34-45,47,49-50H2,1-2H3,(H,55,59)/b33-31-,48-46+. The highest BCUT2D eigenvalue weighted by Gasteiger charge is 2.20. The average molecular weight is 832 g/mol. The van der Waals surface area contributed by atoms with Gasteiger partial charge >= 0.3 is 0 Å². The van der Waals surface area contributed by atoms with E-state index in [1.165, 1.54) is 225 Å². The van der Waals surface area contributed by atoms with Gasteiger partial charge in [0.1, 0.15) is 0 Å². The summed E-state index contributed by atoms with van der Waals surface area (Å²) < 4.78 is 0. The fraction of sp³-hybridized carbons (Fsp3) is 0.907. The average Bonchev–Trinajstić information content (AvgIpc) is 3.23. The van der Waals surface area contributed by atoms with Crippen LogP contribution in [-0.2, 0) is 4.79 Å². The maximum Gasteiger partial charge on any atom is 0.222 e. The number of nitrogens with one attached hydrogen (secondary N) is 1. The van der Waals surface area contributed by atoms with Crippen molar-refractivity contribution in [3.05, 3.63) is 24.3 Å². The normalized spacial score (nSPS) is 13.5. The molecule has 0 heterocycles. The SMILES string of the molecule is CCCCCCCCCCCC/C=C\CCCCCCCC(O)CC(=O)NC(CO)C(O)/C=C/CCCCCCCCCCCCCCCCCCCCCCCCC. The number of amides is 1. The first-order valence-corrected chi connectivity index (χ1v) is 26.6. The minimum Gasteiger partial charge on any atom is -0.394 e. The van der Waals surface area contributed by atoms with Crippen molar-refractivity contribution in [3.63, 3.8) is 0 Å². The van der Waals surface area contributed by atoms with Crippen molar-refractivity contribution in [1.29, 1.82) is 0 Å². The quantitative estimate of drug-likeness (QED) is 0.0363. The molecule has 0 aliphatic rings. The Morgan fingerprint density at radius 3 is 1.03 bits per heavy atom. The predicted molar refractivity (Wildman–Crippen MR) is 259 cm³/mol. The molecule has 3 atom stereocenters. The lowest BCUT2D eigenvalue weighted by Crippen LogP contribution is -2.45. The third kappa shape index (κ3) is 46.2. The molecule has 0 bridgehead atoms. The Kier molecular flexibility index (Phi) is 48.5. The van der Waals surface area contributed by atoms with Crippen LogP contribution in [0.3, 0.4) is 0 Å². The van der Waals surface area contributed by atoms with Gasteiger partial charge in [-0.1, -0.05) is 263 Å².